The molecule has 1 heterocycles. The molecule has 0 bridgehead atoms. The number of nitrogens with one attached hydrogen (secondary N) is 1. The number of carboxylic acid groups (broad SMARTS) is 1. The molecule has 3 rings (SSSR count). The Bertz CT molecular complexity index is 1230. The zero-order valence-corrected chi connectivity index (χ0v) is 21.0. The summed E-state index contributed by atoms with van der Waals surface area (Å²) in [7, 11) is 0. The zero-order valence-electron chi connectivity index (χ0n) is 21.0. The number of hydrogen-bond donors (Lipinski definition) is 2. The Morgan fingerprint density at radius 1 is 1.10 bits per heavy atom. The van der Waals surface area contributed by atoms with Crippen LogP contribution in [0.25, 0.3) is 6.08 Å². The fourth-order valence-corrected chi connectivity index (χ4v) is 4.38. The highest BCUT2D eigenvalue weighted by molar-refractivity contribution is 5.94. The normalized spacial score (nSPS) is 18.4. The quantitative estimate of drug-likeness (QED) is 0.358. The Morgan fingerprint density at radius 2 is 1.85 bits per heavy atom. The van der Waals surface area contributed by atoms with Crippen LogP contribution in [0.15, 0.2) is 48.5 Å². The number of aliphatic carboxylic acids is 1. The highest BCUT2D eigenvalue weighted by atomic mass is 19.4. The van der Waals surface area contributed by atoms with Gasteiger partial charge in [-0.2, -0.15) is 13.2 Å². The monoisotopic (exact) mass is 553 g/mol. The molecule has 2 aromatic carbocycles. The van der Waals surface area contributed by atoms with E-state index in [0.29, 0.717) is 37.2 Å². The van der Waals surface area contributed by atoms with Gasteiger partial charge in [0.1, 0.15) is 11.6 Å². The van der Waals surface area contributed by atoms with E-state index in [1.54, 1.807) is 6.07 Å². The van der Waals surface area contributed by atoms with E-state index in [0.717, 1.165) is 18.2 Å². The summed E-state index contributed by atoms with van der Waals surface area (Å²) >= 11 is 0. The number of carboxylic acids is 1. The topological polar surface area (TPSA) is 90.0 Å². The SMILES string of the molecule is C[C@@H]1CN(C(=O)CNC(=O)/C=C/c2ccc(C(F)(F)F)cc2F)[C@@H](c2cccc(F)c2)CN1CCCC(=O)O. The van der Waals surface area contributed by atoms with Crippen LogP contribution >= 0.6 is 0 Å². The molecule has 0 aliphatic carbocycles. The summed E-state index contributed by atoms with van der Waals surface area (Å²) in [5.74, 6) is -3.76. The van der Waals surface area contributed by atoms with Crippen molar-refractivity contribution in [2.45, 2.75) is 38.0 Å². The van der Waals surface area contributed by atoms with Gasteiger partial charge < -0.3 is 15.3 Å². The van der Waals surface area contributed by atoms with Crippen molar-refractivity contribution in [3.8, 4) is 0 Å². The molecule has 0 aromatic heterocycles. The van der Waals surface area contributed by atoms with Crippen LogP contribution in [0.2, 0.25) is 0 Å². The minimum atomic E-state index is -4.70. The Balaban J connectivity index is 1.66. The lowest BCUT2D eigenvalue weighted by Crippen LogP contribution is -2.56. The molecule has 0 spiro atoms. The molecule has 0 unspecified atom stereocenters. The number of benzene rings is 2. The summed E-state index contributed by atoms with van der Waals surface area (Å²) in [6.45, 7) is 2.51. The van der Waals surface area contributed by atoms with Crippen LogP contribution < -0.4 is 5.32 Å². The van der Waals surface area contributed by atoms with Crippen molar-refractivity contribution in [3.63, 3.8) is 0 Å². The van der Waals surface area contributed by atoms with Gasteiger partial charge in [-0.25, -0.2) is 8.78 Å². The number of carbonyl (C=O) groups excluding carboxylic acids is 2. The first-order valence-electron chi connectivity index (χ1n) is 12.2. The first-order chi connectivity index (χ1) is 18.3. The molecule has 1 fully saturated rings. The molecule has 1 saturated heterocycles. The van der Waals surface area contributed by atoms with Gasteiger partial charge in [-0.05, 0) is 55.8 Å². The highest BCUT2D eigenvalue weighted by Crippen LogP contribution is 2.31. The maximum atomic E-state index is 14.0. The van der Waals surface area contributed by atoms with Gasteiger partial charge in [0.05, 0.1) is 18.2 Å². The van der Waals surface area contributed by atoms with Gasteiger partial charge in [0.2, 0.25) is 11.8 Å². The molecule has 2 amide bonds. The van der Waals surface area contributed by atoms with Gasteiger partial charge in [0.25, 0.3) is 0 Å². The van der Waals surface area contributed by atoms with Crippen molar-refractivity contribution in [3.05, 3.63) is 76.9 Å². The molecule has 1 aliphatic rings. The largest absolute Gasteiger partial charge is 0.481 e. The van der Waals surface area contributed by atoms with E-state index >= 15 is 0 Å². The maximum Gasteiger partial charge on any atom is 0.416 e. The van der Waals surface area contributed by atoms with Crippen LogP contribution in [-0.4, -0.2) is 64.9 Å². The van der Waals surface area contributed by atoms with Crippen molar-refractivity contribution in [2.24, 2.45) is 0 Å². The molecule has 2 aromatic rings. The van der Waals surface area contributed by atoms with Crippen LogP contribution in [0.1, 0.15) is 42.5 Å². The number of piperazine rings is 1. The zero-order chi connectivity index (χ0) is 28.7. The van der Waals surface area contributed by atoms with E-state index in [4.69, 9.17) is 5.11 Å². The fraction of sp³-hybridized carbons (Fsp3) is 0.370. The lowest BCUT2D eigenvalue weighted by Gasteiger charge is -2.45. The van der Waals surface area contributed by atoms with E-state index < -0.39 is 53.7 Å². The Kier molecular flexibility index (Phi) is 9.79. The van der Waals surface area contributed by atoms with E-state index in [1.807, 2.05) is 11.8 Å². The lowest BCUT2D eigenvalue weighted by atomic mass is 9.99. The summed E-state index contributed by atoms with van der Waals surface area (Å²) in [4.78, 5) is 39.8. The van der Waals surface area contributed by atoms with Crippen LogP contribution in [0.3, 0.4) is 0 Å². The first kappa shape index (κ1) is 29.8. The number of nitrogens with zero attached hydrogens (tertiary/aromatic N) is 2. The summed E-state index contributed by atoms with van der Waals surface area (Å²) in [5.41, 5.74) is -0.845. The molecule has 210 valence electrons. The second kappa shape index (κ2) is 12.8. The molecule has 12 heteroatoms. The molecule has 0 radical (unpaired) electrons. The first-order valence-corrected chi connectivity index (χ1v) is 12.2. The van der Waals surface area contributed by atoms with Gasteiger partial charge in [0, 0.05) is 37.2 Å². The molecule has 0 saturated carbocycles. The number of halogens is 5. The summed E-state index contributed by atoms with van der Waals surface area (Å²) in [6.07, 6.45) is -2.39. The summed E-state index contributed by atoms with van der Waals surface area (Å²) < 4.78 is 66.1. The van der Waals surface area contributed by atoms with Crippen LogP contribution in [0.5, 0.6) is 0 Å². The van der Waals surface area contributed by atoms with Crippen LogP contribution in [0, 0.1) is 11.6 Å². The predicted molar refractivity (Wildman–Crippen MR) is 132 cm³/mol. The smallest absolute Gasteiger partial charge is 0.416 e. The minimum absolute atomic E-state index is 0.00752. The third-order valence-electron chi connectivity index (χ3n) is 6.41. The molecular formula is C27H28F5N3O4. The minimum Gasteiger partial charge on any atom is -0.481 e. The van der Waals surface area contributed by atoms with E-state index in [1.165, 1.54) is 23.1 Å². The van der Waals surface area contributed by atoms with Crippen molar-refractivity contribution >= 4 is 23.9 Å². The third kappa shape index (κ3) is 8.34. The van der Waals surface area contributed by atoms with Gasteiger partial charge in [-0.1, -0.05) is 18.2 Å². The van der Waals surface area contributed by atoms with Crippen LogP contribution in [0.4, 0.5) is 22.0 Å². The number of amides is 2. The van der Waals surface area contributed by atoms with E-state index in [2.05, 4.69) is 5.32 Å². The predicted octanol–water partition coefficient (Wildman–Crippen LogP) is 4.25. The standard InChI is InChI=1S/C27H28F5N3O4/c1-17-15-35(23(19-4-2-5-21(28)12-19)16-34(17)11-3-6-26(38)39)25(37)14-33-24(36)10-8-18-7-9-20(13-22(18)29)27(30,31)32/h2,4-5,7-10,12-13,17,23H,3,6,11,14-16H2,1H3,(H,33,36)(H,38,39)/b10-8+/t17-,23-/m1/s1. The number of alkyl halides is 3. The Hall–Kier alpha value is -3.80. The summed E-state index contributed by atoms with van der Waals surface area (Å²) in [6, 6.07) is 7.03. The van der Waals surface area contributed by atoms with E-state index in [9.17, 15) is 36.3 Å². The number of carbonyl (C=O) groups is 3. The summed E-state index contributed by atoms with van der Waals surface area (Å²) in [5, 5.41) is 11.3. The van der Waals surface area contributed by atoms with Crippen molar-refractivity contribution in [1.82, 2.24) is 15.1 Å². The molecule has 2 N–H and O–H groups in total. The Morgan fingerprint density at radius 3 is 2.49 bits per heavy atom. The third-order valence-corrected chi connectivity index (χ3v) is 6.41. The average molecular weight is 554 g/mol. The second-order valence-corrected chi connectivity index (χ2v) is 9.24. The number of rotatable bonds is 9. The molecule has 39 heavy (non-hydrogen) atoms. The average Bonchev–Trinajstić information content (AvgIpc) is 2.86. The van der Waals surface area contributed by atoms with Gasteiger partial charge in [-0.15, -0.1) is 0 Å². The van der Waals surface area contributed by atoms with Crippen molar-refractivity contribution < 1.29 is 41.4 Å². The van der Waals surface area contributed by atoms with Crippen LogP contribution in [-0.2, 0) is 20.6 Å². The van der Waals surface area contributed by atoms with Crippen molar-refractivity contribution in [1.29, 1.82) is 0 Å². The second-order valence-electron chi connectivity index (χ2n) is 9.24. The van der Waals surface area contributed by atoms with Gasteiger partial charge in [0.15, 0.2) is 0 Å². The van der Waals surface area contributed by atoms with Gasteiger partial charge >= 0.3 is 12.1 Å². The van der Waals surface area contributed by atoms with Gasteiger partial charge in [-0.3, -0.25) is 19.3 Å². The Labute approximate surface area is 221 Å². The molecule has 2 atom stereocenters. The lowest BCUT2D eigenvalue weighted by molar-refractivity contribution is -0.139. The van der Waals surface area contributed by atoms with E-state index in [-0.39, 0.29) is 24.6 Å². The molecule has 7 nitrogen and oxygen atoms in total. The van der Waals surface area contributed by atoms with Crippen molar-refractivity contribution in [2.75, 3.05) is 26.2 Å². The molecular weight excluding hydrogens is 525 g/mol. The molecule has 1 aliphatic heterocycles. The maximum absolute atomic E-state index is 14.0. The highest BCUT2D eigenvalue weighted by Gasteiger charge is 2.35. The fourth-order valence-electron chi connectivity index (χ4n) is 4.38. The number of hydrogen-bond acceptors (Lipinski definition) is 4.